The minimum atomic E-state index is 0.0940. The van der Waals surface area contributed by atoms with E-state index in [2.05, 4.69) is 24.9 Å². The molecule has 0 saturated carbocycles. The van der Waals surface area contributed by atoms with E-state index in [0.717, 1.165) is 16.6 Å². The van der Waals surface area contributed by atoms with Gasteiger partial charge in [0, 0.05) is 22.7 Å². The van der Waals surface area contributed by atoms with E-state index in [1.807, 2.05) is 19.1 Å². The van der Waals surface area contributed by atoms with Crippen LogP contribution in [0.25, 0.3) is 10.9 Å². The molecular weight excluding hydrogens is 186 g/mol. The first kappa shape index (κ1) is 9.97. The SMILES string of the molecule is Cc1cc(=O)c2ccc(C(C)C)cc2[nH]1. The zero-order valence-corrected chi connectivity index (χ0v) is 9.29. The Morgan fingerprint density at radius 2 is 1.93 bits per heavy atom. The van der Waals surface area contributed by atoms with Gasteiger partial charge in [0.25, 0.3) is 0 Å². The number of hydrogen-bond donors (Lipinski definition) is 1. The molecule has 0 aliphatic carbocycles. The lowest BCUT2D eigenvalue weighted by Gasteiger charge is -2.07. The molecule has 78 valence electrons. The van der Waals surface area contributed by atoms with E-state index in [1.54, 1.807) is 6.07 Å². The van der Waals surface area contributed by atoms with Gasteiger partial charge in [-0.15, -0.1) is 0 Å². The van der Waals surface area contributed by atoms with Gasteiger partial charge in [0.1, 0.15) is 0 Å². The molecule has 0 aliphatic heterocycles. The Morgan fingerprint density at radius 3 is 2.60 bits per heavy atom. The molecule has 0 amide bonds. The van der Waals surface area contributed by atoms with Gasteiger partial charge in [-0.3, -0.25) is 4.79 Å². The highest BCUT2D eigenvalue weighted by atomic mass is 16.1. The van der Waals surface area contributed by atoms with Crippen molar-refractivity contribution in [2.45, 2.75) is 26.7 Å². The summed E-state index contributed by atoms with van der Waals surface area (Å²) in [6, 6.07) is 7.63. The Kier molecular flexibility index (Phi) is 2.35. The zero-order chi connectivity index (χ0) is 11.0. The van der Waals surface area contributed by atoms with Gasteiger partial charge in [0.05, 0.1) is 0 Å². The second-order valence-corrected chi connectivity index (χ2v) is 4.28. The van der Waals surface area contributed by atoms with Gasteiger partial charge in [-0.1, -0.05) is 19.9 Å². The standard InChI is InChI=1S/C13H15NO/c1-8(2)10-4-5-11-12(7-10)14-9(3)6-13(11)15/h4-8H,1-3H3,(H,14,15). The number of hydrogen-bond acceptors (Lipinski definition) is 1. The van der Waals surface area contributed by atoms with Crippen LogP contribution in [0.4, 0.5) is 0 Å². The summed E-state index contributed by atoms with van der Waals surface area (Å²) in [6.45, 7) is 6.20. The van der Waals surface area contributed by atoms with E-state index < -0.39 is 0 Å². The van der Waals surface area contributed by atoms with Crippen molar-refractivity contribution in [1.82, 2.24) is 4.98 Å². The van der Waals surface area contributed by atoms with Gasteiger partial charge >= 0.3 is 0 Å². The fourth-order valence-corrected chi connectivity index (χ4v) is 1.76. The summed E-state index contributed by atoms with van der Waals surface area (Å²) in [7, 11) is 0. The van der Waals surface area contributed by atoms with Gasteiger partial charge in [-0.05, 0) is 30.5 Å². The predicted molar refractivity (Wildman–Crippen MR) is 63.4 cm³/mol. The molecule has 1 aromatic heterocycles. The van der Waals surface area contributed by atoms with Gasteiger partial charge < -0.3 is 4.98 Å². The number of benzene rings is 1. The Hall–Kier alpha value is -1.57. The maximum absolute atomic E-state index is 11.7. The number of rotatable bonds is 1. The van der Waals surface area contributed by atoms with Crippen LogP contribution in [0.1, 0.15) is 31.0 Å². The first-order valence-electron chi connectivity index (χ1n) is 5.21. The summed E-state index contributed by atoms with van der Waals surface area (Å²) >= 11 is 0. The van der Waals surface area contributed by atoms with Crippen LogP contribution >= 0.6 is 0 Å². The predicted octanol–water partition coefficient (Wildman–Crippen LogP) is 2.96. The fraction of sp³-hybridized carbons (Fsp3) is 0.308. The second-order valence-electron chi connectivity index (χ2n) is 4.28. The molecule has 0 unspecified atom stereocenters. The van der Waals surface area contributed by atoms with E-state index in [0.29, 0.717) is 5.92 Å². The number of aromatic nitrogens is 1. The van der Waals surface area contributed by atoms with Crippen LogP contribution in [0, 0.1) is 6.92 Å². The Balaban J connectivity index is 2.77. The summed E-state index contributed by atoms with van der Waals surface area (Å²) in [5, 5.41) is 0.769. The van der Waals surface area contributed by atoms with Crippen molar-refractivity contribution in [3.8, 4) is 0 Å². The number of pyridine rings is 1. The highest BCUT2D eigenvalue weighted by Gasteiger charge is 2.03. The van der Waals surface area contributed by atoms with Gasteiger partial charge in [0.2, 0.25) is 0 Å². The minimum Gasteiger partial charge on any atom is -0.358 e. The molecule has 2 heteroatoms. The van der Waals surface area contributed by atoms with Crippen LogP contribution in [-0.2, 0) is 0 Å². The first-order chi connectivity index (χ1) is 7.08. The van der Waals surface area contributed by atoms with Crippen LogP contribution in [0.5, 0.6) is 0 Å². The van der Waals surface area contributed by atoms with Crippen molar-refractivity contribution < 1.29 is 0 Å². The highest BCUT2D eigenvalue weighted by Crippen LogP contribution is 2.18. The maximum Gasteiger partial charge on any atom is 0.189 e. The lowest BCUT2D eigenvalue weighted by Crippen LogP contribution is -2.03. The van der Waals surface area contributed by atoms with E-state index in [9.17, 15) is 4.79 Å². The highest BCUT2D eigenvalue weighted by molar-refractivity contribution is 5.79. The smallest absolute Gasteiger partial charge is 0.189 e. The molecule has 15 heavy (non-hydrogen) atoms. The van der Waals surface area contributed by atoms with Crippen LogP contribution in [0.3, 0.4) is 0 Å². The van der Waals surface area contributed by atoms with Crippen LogP contribution < -0.4 is 5.43 Å². The molecule has 0 spiro atoms. The van der Waals surface area contributed by atoms with Gasteiger partial charge in [-0.25, -0.2) is 0 Å². The van der Waals surface area contributed by atoms with Crippen molar-refractivity contribution in [3.05, 3.63) is 45.7 Å². The maximum atomic E-state index is 11.7. The Labute approximate surface area is 89.0 Å². The lowest BCUT2D eigenvalue weighted by molar-refractivity contribution is 0.868. The molecule has 0 fully saturated rings. The van der Waals surface area contributed by atoms with Crippen molar-refractivity contribution in [2.24, 2.45) is 0 Å². The van der Waals surface area contributed by atoms with Crippen LogP contribution in [-0.4, -0.2) is 4.98 Å². The average Bonchev–Trinajstić information content (AvgIpc) is 2.16. The fourth-order valence-electron chi connectivity index (χ4n) is 1.76. The van der Waals surface area contributed by atoms with Crippen molar-refractivity contribution in [3.63, 3.8) is 0 Å². The molecule has 0 bridgehead atoms. The number of aromatic amines is 1. The molecular formula is C13H15NO. The largest absolute Gasteiger partial charge is 0.358 e. The summed E-state index contributed by atoms with van der Waals surface area (Å²) in [6.07, 6.45) is 0. The normalized spacial score (nSPS) is 11.2. The molecule has 1 N–H and O–H groups in total. The van der Waals surface area contributed by atoms with E-state index >= 15 is 0 Å². The summed E-state index contributed by atoms with van der Waals surface area (Å²) in [5.41, 5.74) is 3.19. The number of H-pyrrole nitrogens is 1. The van der Waals surface area contributed by atoms with Crippen molar-refractivity contribution in [2.75, 3.05) is 0 Å². The summed E-state index contributed by atoms with van der Waals surface area (Å²) in [5.74, 6) is 0.485. The molecule has 1 heterocycles. The molecule has 0 atom stereocenters. The molecule has 1 aromatic carbocycles. The third kappa shape index (κ3) is 1.80. The van der Waals surface area contributed by atoms with E-state index in [1.165, 1.54) is 5.56 Å². The molecule has 0 saturated heterocycles. The summed E-state index contributed by atoms with van der Waals surface area (Å²) < 4.78 is 0. The molecule has 0 aliphatic rings. The summed E-state index contributed by atoms with van der Waals surface area (Å²) in [4.78, 5) is 14.9. The lowest BCUT2D eigenvalue weighted by atomic mass is 10.0. The monoisotopic (exact) mass is 201 g/mol. The topological polar surface area (TPSA) is 32.9 Å². The first-order valence-corrected chi connectivity index (χ1v) is 5.21. The average molecular weight is 201 g/mol. The molecule has 2 rings (SSSR count). The van der Waals surface area contributed by atoms with Crippen molar-refractivity contribution >= 4 is 10.9 Å². The Bertz CT molecular complexity index is 552. The number of aryl methyl sites for hydroxylation is 1. The third-order valence-electron chi connectivity index (χ3n) is 2.66. The third-order valence-corrected chi connectivity index (χ3v) is 2.66. The Morgan fingerprint density at radius 1 is 1.20 bits per heavy atom. The zero-order valence-electron chi connectivity index (χ0n) is 9.29. The van der Waals surface area contributed by atoms with E-state index in [-0.39, 0.29) is 5.43 Å². The molecule has 2 nitrogen and oxygen atoms in total. The van der Waals surface area contributed by atoms with Crippen LogP contribution in [0.2, 0.25) is 0 Å². The quantitative estimate of drug-likeness (QED) is 0.756. The van der Waals surface area contributed by atoms with Gasteiger partial charge in [-0.2, -0.15) is 0 Å². The number of fused-ring (bicyclic) bond motifs is 1. The number of nitrogens with one attached hydrogen (secondary N) is 1. The van der Waals surface area contributed by atoms with Gasteiger partial charge in [0.15, 0.2) is 5.43 Å². The molecule has 0 radical (unpaired) electrons. The second kappa shape index (κ2) is 3.54. The van der Waals surface area contributed by atoms with E-state index in [4.69, 9.17) is 0 Å². The minimum absolute atomic E-state index is 0.0940. The molecule has 2 aromatic rings. The van der Waals surface area contributed by atoms with Crippen LogP contribution in [0.15, 0.2) is 29.1 Å². The van der Waals surface area contributed by atoms with Crippen molar-refractivity contribution in [1.29, 1.82) is 0 Å².